The highest BCUT2D eigenvalue weighted by Gasteiger charge is 2.48. The molecular formula is C41H48N4O6. The quantitative estimate of drug-likeness (QED) is 0.178. The molecule has 1 aliphatic carbocycles. The molecule has 10 heteroatoms. The Morgan fingerprint density at radius 2 is 1.59 bits per heavy atom. The summed E-state index contributed by atoms with van der Waals surface area (Å²) < 4.78 is 10.3. The van der Waals surface area contributed by atoms with Gasteiger partial charge in [-0.05, 0) is 113 Å². The lowest BCUT2D eigenvalue weighted by atomic mass is 9.79. The molecule has 0 amide bonds. The van der Waals surface area contributed by atoms with Gasteiger partial charge in [0.2, 0.25) is 0 Å². The Labute approximate surface area is 300 Å². The first kappa shape index (κ1) is 35.9. The van der Waals surface area contributed by atoms with E-state index in [1.54, 1.807) is 6.92 Å². The Morgan fingerprint density at radius 3 is 2.18 bits per heavy atom. The van der Waals surface area contributed by atoms with Gasteiger partial charge in [0.1, 0.15) is 17.5 Å². The highest BCUT2D eigenvalue weighted by atomic mass is 16.5. The van der Waals surface area contributed by atoms with E-state index in [1.165, 1.54) is 14.0 Å². The van der Waals surface area contributed by atoms with Gasteiger partial charge in [0, 0.05) is 40.3 Å². The number of Topliss-reactive ketones (excluding diaryl/α,β-unsaturated/α-hetero) is 1. The van der Waals surface area contributed by atoms with E-state index in [-0.39, 0.29) is 37.0 Å². The summed E-state index contributed by atoms with van der Waals surface area (Å²) in [6.45, 7) is 15.7. The summed E-state index contributed by atoms with van der Waals surface area (Å²) in [7, 11) is 1.39. The van der Waals surface area contributed by atoms with Crippen molar-refractivity contribution in [3.8, 4) is 0 Å². The maximum Gasteiger partial charge on any atom is 0.316 e. The van der Waals surface area contributed by atoms with E-state index < -0.39 is 23.2 Å². The number of aliphatic imine (C=N–C) groups is 3. The molecule has 0 aromatic carbocycles. The molecule has 0 saturated carbocycles. The minimum atomic E-state index is -1.07. The van der Waals surface area contributed by atoms with Crippen LogP contribution in [0.3, 0.4) is 0 Å². The van der Waals surface area contributed by atoms with Gasteiger partial charge in [-0.3, -0.25) is 14.4 Å². The smallest absolute Gasteiger partial charge is 0.316 e. The number of nitrogens with zero attached hydrogens (tertiary/aromatic N) is 3. The SMILES string of the molecule is CCOC(=O)C(CC1C(O)=C2C3=NC(=C2C)C=C2N=C(C=C4N=C(C=C5NC(=C31)C[C@@]5(C)CCC(=O)OC)C(C)=C4CC)C(C)=C2CC)C(C)=O. The highest BCUT2D eigenvalue weighted by molar-refractivity contribution is 6.22. The number of aliphatic hydroxyl groups is 1. The van der Waals surface area contributed by atoms with Crippen molar-refractivity contribution in [1.29, 1.82) is 0 Å². The van der Waals surface area contributed by atoms with Crippen LogP contribution in [0.4, 0.5) is 0 Å². The zero-order valence-corrected chi connectivity index (χ0v) is 31.2. The van der Waals surface area contributed by atoms with Gasteiger partial charge in [-0.15, -0.1) is 0 Å². The molecule has 6 aliphatic rings. The van der Waals surface area contributed by atoms with Crippen LogP contribution in [0.2, 0.25) is 0 Å². The van der Waals surface area contributed by atoms with Gasteiger partial charge in [0.25, 0.3) is 0 Å². The van der Waals surface area contributed by atoms with Gasteiger partial charge >= 0.3 is 11.9 Å². The first-order valence-corrected chi connectivity index (χ1v) is 18.0. The fraction of sp³-hybridized carbons (Fsp3) is 0.463. The summed E-state index contributed by atoms with van der Waals surface area (Å²) >= 11 is 0. The van der Waals surface area contributed by atoms with Gasteiger partial charge in [0.05, 0.1) is 47.9 Å². The molecule has 6 rings (SSSR count). The summed E-state index contributed by atoms with van der Waals surface area (Å²) in [5, 5.41) is 15.8. The molecule has 0 radical (unpaired) electrons. The number of nitrogens with one attached hydrogen (secondary N) is 1. The average molecular weight is 693 g/mol. The number of methoxy groups -OCH3 is 1. The lowest BCUT2D eigenvalue weighted by molar-refractivity contribution is -0.151. The second-order valence-electron chi connectivity index (χ2n) is 14.3. The summed E-state index contributed by atoms with van der Waals surface area (Å²) in [5.74, 6) is -2.92. The molecule has 5 heterocycles. The van der Waals surface area contributed by atoms with Crippen LogP contribution in [0.15, 0.2) is 106 Å². The van der Waals surface area contributed by atoms with Crippen molar-refractivity contribution >= 4 is 34.9 Å². The van der Waals surface area contributed by atoms with Crippen LogP contribution in [0.5, 0.6) is 0 Å². The van der Waals surface area contributed by atoms with Crippen LogP contribution in [0.1, 0.15) is 93.9 Å². The third kappa shape index (κ3) is 6.12. The van der Waals surface area contributed by atoms with Crippen molar-refractivity contribution in [2.24, 2.45) is 32.2 Å². The second kappa shape index (κ2) is 13.7. The van der Waals surface area contributed by atoms with Crippen LogP contribution >= 0.6 is 0 Å². The molecular weight excluding hydrogens is 644 g/mol. The number of ketones is 1. The average Bonchev–Trinajstić information content (AvgIpc) is 3.83. The third-order valence-electron chi connectivity index (χ3n) is 11.2. The number of allylic oxidation sites excluding steroid dienone is 12. The van der Waals surface area contributed by atoms with E-state index in [1.807, 2.05) is 13.0 Å². The minimum absolute atomic E-state index is 0.0306. The molecule has 51 heavy (non-hydrogen) atoms. The summed E-state index contributed by atoms with van der Waals surface area (Å²) in [6, 6.07) is 0. The van der Waals surface area contributed by atoms with E-state index in [4.69, 9.17) is 24.5 Å². The number of aliphatic hydroxyl groups excluding tert-OH is 1. The fourth-order valence-corrected chi connectivity index (χ4v) is 8.16. The molecule has 8 bridgehead atoms. The van der Waals surface area contributed by atoms with E-state index in [2.05, 4.69) is 52.1 Å². The number of hydrogen-bond acceptors (Lipinski definition) is 10. The molecule has 2 unspecified atom stereocenters. The van der Waals surface area contributed by atoms with E-state index in [0.29, 0.717) is 29.8 Å². The maximum atomic E-state index is 13.1. The number of fused-ring (bicyclic) bond motifs is 5. The number of esters is 2. The standard InChI is InChI=1S/C41H48N4O6/c1-10-24-20(4)28-16-31-25(11-2)21(5)30(43-31)18-34-41(8,14-13-35(47)50-9)19-33(44-34)37-27(15-26(23(7)46)40(49)51-12-3)39(48)36-22(6)29(45-38(36)37)17-32(24)42-28/h16-18,26-27,44,48H,10-15,19H2,1-9H3/t26?,27?,41-/m1/s1. The molecule has 10 nitrogen and oxygen atoms in total. The molecule has 5 aliphatic heterocycles. The summed E-state index contributed by atoms with van der Waals surface area (Å²) in [4.78, 5) is 53.9. The number of carbonyl (C=O) groups excluding carboxylic acids is 3. The summed E-state index contributed by atoms with van der Waals surface area (Å²) in [5.41, 5.74) is 12.5. The lowest BCUT2D eigenvalue weighted by Gasteiger charge is -2.24. The summed E-state index contributed by atoms with van der Waals surface area (Å²) in [6.07, 6.45) is 8.96. The maximum absolute atomic E-state index is 13.1. The topological polar surface area (TPSA) is 139 Å². The molecule has 0 aromatic rings. The van der Waals surface area contributed by atoms with Crippen molar-refractivity contribution < 1.29 is 29.0 Å². The first-order chi connectivity index (χ1) is 24.3. The molecule has 2 N–H and O–H groups in total. The molecule has 1 saturated heterocycles. The van der Waals surface area contributed by atoms with Crippen molar-refractivity contribution in [3.05, 3.63) is 91.5 Å². The van der Waals surface area contributed by atoms with Gasteiger partial charge in [-0.25, -0.2) is 15.0 Å². The van der Waals surface area contributed by atoms with Gasteiger partial charge < -0.3 is 19.9 Å². The molecule has 1 fully saturated rings. The van der Waals surface area contributed by atoms with Crippen molar-refractivity contribution in [1.82, 2.24) is 5.32 Å². The van der Waals surface area contributed by atoms with Gasteiger partial charge in [-0.2, -0.15) is 0 Å². The normalized spacial score (nSPS) is 24.4. The second-order valence-corrected chi connectivity index (χ2v) is 14.3. The number of carbonyl (C=O) groups is 3. The Bertz CT molecular complexity index is 2010. The molecule has 0 aromatic heterocycles. The zero-order valence-electron chi connectivity index (χ0n) is 31.2. The monoisotopic (exact) mass is 692 g/mol. The Kier molecular flexibility index (Phi) is 9.65. The fourth-order valence-electron chi connectivity index (χ4n) is 8.16. The Balaban J connectivity index is 1.62. The van der Waals surface area contributed by atoms with Crippen molar-refractivity contribution in [2.75, 3.05) is 13.7 Å². The van der Waals surface area contributed by atoms with Crippen LogP contribution in [0.25, 0.3) is 0 Å². The van der Waals surface area contributed by atoms with Crippen LogP contribution in [-0.2, 0) is 23.9 Å². The Hall–Kier alpha value is -4.86. The predicted octanol–water partition coefficient (Wildman–Crippen LogP) is 7.55. The van der Waals surface area contributed by atoms with Crippen LogP contribution in [-0.4, -0.2) is 53.7 Å². The Morgan fingerprint density at radius 1 is 0.961 bits per heavy atom. The minimum Gasteiger partial charge on any atom is -0.511 e. The number of hydrogen-bond donors (Lipinski definition) is 2. The van der Waals surface area contributed by atoms with E-state index >= 15 is 0 Å². The lowest BCUT2D eigenvalue weighted by Crippen LogP contribution is -2.28. The third-order valence-corrected chi connectivity index (χ3v) is 11.2. The van der Waals surface area contributed by atoms with Crippen molar-refractivity contribution in [2.45, 2.75) is 93.9 Å². The highest BCUT2D eigenvalue weighted by Crippen LogP contribution is 2.51. The van der Waals surface area contributed by atoms with Crippen LogP contribution < -0.4 is 5.32 Å². The van der Waals surface area contributed by atoms with Gasteiger partial charge in [-0.1, -0.05) is 20.8 Å². The van der Waals surface area contributed by atoms with E-state index in [0.717, 1.165) is 80.5 Å². The van der Waals surface area contributed by atoms with E-state index in [9.17, 15) is 19.5 Å². The zero-order chi connectivity index (χ0) is 36.9. The molecule has 268 valence electrons. The van der Waals surface area contributed by atoms with Gasteiger partial charge in [0.15, 0.2) is 0 Å². The largest absolute Gasteiger partial charge is 0.511 e. The van der Waals surface area contributed by atoms with Crippen LogP contribution in [0, 0.1) is 17.3 Å². The molecule has 0 spiro atoms. The number of rotatable bonds is 10. The number of ether oxygens (including phenoxy) is 2. The predicted molar refractivity (Wildman–Crippen MR) is 198 cm³/mol. The molecule has 3 atom stereocenters. The van der Waals surface area contributed by atoms with Crippen molar-refractivity contribution in [3.63, 3.8) is 0 Å². The first-order valence-electron chi connectivity index (χ1n) is 18.0.